The number of hydrogen-bond acceptors (Lipinski definition) is 2. The maximum Gasteiger partial charge on any atom is 0.417 e. The minimum atomic E-state index is -4.48. The van der Waals surface area contributed by atoms with Gasteiger partial charge >= 0.3 is 6.18 Å². The van der Waals surface area contributed by atoms with Gasteiger partial charge in [0.05, 0.1) is 17.1 Å². The van der Waals surface area contributed by atoms with Crippen LogP contribution in [-0.4, -0.2) is 9.56 Å². The van der Waals surface area contributed by atoms with Gasteiger partial charge in [-0.25, -0.2) is 0 Å². The van der Waals surface area contributed by atoms with E-state index in [2.05, 4.69) is 12.2 Å². The van der Waals surface area contributed by atoms with E-state index in [4.69, 9.17) is 5.73 Å². The van der Waals surface area contributed by atoms with Gasteiger partial charge in [0.1, 0.15) is 0 Å². The SMILES string of the molecule is NC(=S)Cn1cc(C(F)(F)F)ccc1=O. The molecule has 1 aromatic heterocycles. The first-order chi connectivity index (χ1) is 6.80. The topological polar surface area (TPSA) is 48.0 Å². The number of halogens is 3. The first-order valence-corrected chi connectivity index (χ1v) is 4.27. The monoisotopic (exact) mass is 236 g/mol. The molecule has 1 heterocycles. The molecule has 0 aliphatic carbocycles. The van der Waals surface area contributed by atoms with Crippen molar-refractivity contribution < 1.29 is 13.2 Å². The van der Waals surface area contributed by atoms with Crippen molar-refractivity contribution in [1.82, 2.24) is 4.57 Å². The lowest BCUT2D eigenvalue weighted by atomic mass is 10.3. The summed E-state index contributed by atoms with van der Waals surface area (Å²) in [6.07, 6.45) is -3.78. The summed E-state index contributed by atoms with van der Waals surface area (Å²) >= 11 is 4.51. The van der Waals surface area contributed by atoms with Crippen LogP contribution in [0.3, 0.4) is 0 Å². The van der Waals surface area contributed by atoms with Crippen molar-refractivity contribution in [3.63, 3.8) is 0 Å². The van der Waals surface area contributed by atoms with Gasteiger partial charge in [0.25, 0.3) is 5.56 Å². The fraction of sp³-hybridized carbons (Fsp3) is 0.250. The molecule has 7 heteroatoms. The summed E-state index contributed by atoms with van der Waals surface area (Å²) in [5, 5.41) is 0. The van der Waals surface area contributed by atoms with Crippen LogP contribution in [0, 0.1) is 0 Å². The standard InChI is InChI=1S/C8H7F3N2OS/c9-8(10,11)5-1-2-7(14)13(3-5)4-6(12)15/h1-3H,4H2,(H2,12,15). The Hall–Kier alpha value is -1.37. The van der Waals surface area contributed by atoms with Crippen molar-refractivity contribution >= 4 is 17.2 Å². The predicted molar refractivity (Wildman–Crippen MR) is 52.5 cm³/mol. The Labute approximate surface area is 88.3 Å². The number of nitrogens with two attached hydrogens (primary N) is 1. The molecule has 0 bridgehead atoms. The third kappa shape index (κ3) is 3.05. The lowest BCUT2D eigenvalue weighted by Gasteiger charge is -2.09. The van der Waals surface area contributed by atoms with Crippen LogP contribution >= 0.6 is 12.2 Å². The van der Waals surface area contributed by atoms with Gasteiger partial charge in [-0.05, 0) is 6.07 Å². The summed E-state index contributed by atoms with van der Waals surface area (Å²) in [5.41, 5.74) is 3.67. The number of rotatable bonds is 2. The summed E-state index contributed by atoms with van der Waals surface area (Å²) in [7, 11) is 0. The first-order valence-electron chi connectivity index (χ1n) is 3.86. The molecule has 0 aliphatic rings. The molecule has 0 spiro atoms. The molecule has 82 valence electrons. The molecule has 3 nitrogen and oxygen atoms in total. The molecule has 15 heavy (non-hydrogen) atoms. The number of hydrogen-bond donors (Lipinski definition) is 1. The fourth-order valence-electron chi connectivity index (χ4n) is 0.990. The van der Waals surface area contributed by atoms with E-state index >= 15 is 0 Å². The maximum atomic E-state index is 12.3. The second-order valence-electron chi connectivity index (χ2n) is 2.85. The minimum absolute atomic E-state index is 0.0450. The highest BCUT2D eigenvalue weighted by Crippen LogP contribution is 2.27. The molecule has 0 saturated heterocycles. The number of thiocarbonyl (C=S) groups is 1. The molecule has 0 atom stereocenters. The number of alkyl halides is 3. The van der Waals surface area contributed by atoms with Crippen LogP contribution in [0.25, 0.3) is 0 Å². The molecule has 2 N–H and O–H groups in total. The van der Waals surface area contributed by atoms with Gasteiger partial charge in [-0.15, -0.1) is 0 Å². The van der Waals surface area contributed by atoms with E-state index in [0.717, 1.165) is 16.7 Å². The van der Waals surface area contributed by atoms with Crippen LogP contribution in [0.4, 0.5) is 13.2 Å². The van der Waals surface area contributed by atoms with E-state index in [9.17, 15) is 18.0 Å². The molecule has 0 amide bonds. The van der Waals surface area contributed by atoms with Crippen molar-refractivity contribution in [2.45, 2.75) is 12.7 Å². The first kappa shape index (κ1) is 11.7. The second-order valence-corrected chi connectivity index (χ2v) is 3.37. The predicted octanol–water partition coefficient (Wildman–Crippen LogP) is 1.15. The Morgan fingerprint density at radius 3 is 2.53 bits per heavy atom. The lowest BCUT2D eigenvalue weighted by Crippen LogP contribution is -2.27. The number of aromatic nitrogens is 1. The van der Waals surface area contributed by atoms with Crippen molar-refractivity contribution in [2.24, 2.45) is 5.73 Å². The Balaban J connectivity index is 3.17. The van der Waals surface area contributed by atoms with Gasteiger partial charge in [0.2, 0.25) is 0 Å². The van der Waals surface area contributed by atoms with E-state index < -0.39 is 17.3 Å². The maximum absolute atomic E-state index is 12.3. The molecule has 0 aliphatic heterocycles. The normalized spacial score (nSPS) is 11.4. The van der Waals surface area contributed by atoms with Crippen LogP contribution < -0.4 is 11.3 Å². The summed E-state index contributed by atoms with van der Waals surface area (Å²) in [6, 6.07) is 1.56. The van der Waals surface area contributed by atoms with Crippen molar-refractivity contribution in [3.05, 3.63) is 34.2 Å². The highest BCUT2D eigenvalue weighted by atomic mass is 32.1. The van der Waals surface area contributed by atoms with Gasteiger partial charge in [0, 0.05) is 12.3 Å². The molecule has 0 saturated carbocycles. The van der Waals surface area contributed by atoms with Crippen molar-refractivity contribution in [1.29, 1.82) is 0 Å². The summed E-state index contributed by atoms with van der Waals surface area (Å²) in [5.74, 6) is 0. The Bertz CT molecular complexity index is 438. The zero-order valence-electron chi connectivity index (χ0n) is 7.41. The average Bonchev–Trinajstić information content (AvgIpc) is 2.06. The van der Waals surface area contributed by atoms with E-state index in [-0.39, 0.29) is 11.5 Å². The fourth-order valence-corrected chi connectivity index (χ4v) is 1.13. The molecule has 0 unspecified atom stereocenters. The van der Waals surface area contributed by atoms with Crippen LogP contribution in [0.2, 0.25) is 0 Å². The van der Waals surface area contributed by atoms with Gasteiger partial charge in [-0.2, -0.15) is 13.2 Å². The third-order valence-corrected chi connectivity index (χ3v) is 1.77. The van der Waals surface area contributed by atoms with E-state index in [0.29, 0.717) is 6.20 Å². The van der Waals surface area contributed by atoms with Gasteiger partial charge in [-0.3, -0.25) is 4.79 Å². The zero-order valence-corrected chi connectivity index (χ0v) is 8.23. The third-order valence-electron chi connectivity index (χ3n) is 1.64. The Kier molecular flexibility index (Phi) is 3.13. The summed E-state index contributed by atoms with van der Waals surface area (Å²) in [4.78, 5) is 11.1. The molecule has 0 fully saturated rings. The Morgan fingerprint density at radius 2 is 2.07 bits per heavy atom. The zero-order chi connectivity index (χ0) is 11.6. The van der Waals surface area contributed by atoms with E-state index in [1.165, 1.54) is 0 Å². The molecular weight excluding hydrogens is 229 g/mol. The minimum Gasteiger partial charge on any atom is -0.392 e. The number of pyridine rings is 1. The highest BCUT2D eigenvalue weighted by Gasteiger charge is 2.30. The largest absolute Gasteiger partial charge is 0.417 e. The van der Waals surface area contributed by atoms with Gasteiger partial charge < -0.3 is 10.3 Å². The van der Waals surface area contributed by atoms with Gasteiger partial charge in [0.15, 0.2) is 0 Å². The van der Waals surface area contributed by atoms with Crippen LogP contribution in [0.15, 0.2) is 23.1 Å². The van der Waals surface area contributed by atoms with E-state index in [1.807, 2.05) is 0 Å². The van der Waals surface area contributed by atoms with Gasteiger partial charge in [-0.1, -0.05) is 12.2 Å². The molecule has 0 radical (unpaired) electrons. The molecular formula is C8H7F3N2OS. The average molecular weight is 236 g/mol. The van der Waals surface area contributed by atoms with E-state index in [1.54, 1.807) is 0 Å². The van der Waals surface area contributed by atoms with Crippen LogP contribution in [-0.2, 0) is 12.7 Å². The second kappa shape index (κ2) is 4.01. The summed E-state index contributed by atoms with van der Waals surface area (Å²) in [6.45, 7) is -0.196. The summed E-state index contributed by atoms with van der Waals surface area (Å²) < 4.78 is 37.6. The molecule has 1 aromatic rings. The number of nitrogens with zero attached hydrogens (tertiary/aromatic N) is 1. The Morgan fingerprint density at radius 1 is 1.47 bits per heavy atom. The van der Waals surface area contributed by atoms with Crippen LogP contribution in [0.1, 0.15) is 5.56 Å². The molecule has 0 aromatic carbocycles. The molecule has 1 rings (SSSR count). The van der Waals surface area contributed by atoms with Crippen molar-refractivity contribution in [3.8, 4) is 0 Å². The highest BCUT2D eigenvalue weighted by molar-refractivity contribution is 7.80. The van der Waals surface area contributed by atoms with Crippen LogP contribution in [0.5, 0.6) is 0 Å². The lowest BCUT2D eigenvalue weighted by molar-refractivity contribution is -0.138. The van der Waals surface area contributed by atoms with Crippen molar-refractivity contribution in [2.75, 3.05) is 0 Å². The smallest absolute Gasteiger partial charge is 0.392 e. The quantitative estimate of drug-likeness (QED) is 0.784.